The van der Waals surface area contributed by atoms with E-state index >= 15 is 0 Å². The van der Waals surface area contributed by atoms with Gasteiger partial charge in [-0.3, -0.25) is 4.98 Å². The van der Waals surface area contributed by atoms with E-state index in [1.54, 1.807) is 0 Å². The van der Waals surface area contributed by atoms with Crippen LogP contribution in [0.25, 0.3) is 55.9 Å². The minimum atomic E-state index is 0.386. The molecule has 1 aliphatic rings. The molecule has 3 heteroatoms. The fourth-order valence-electron chi connectivity index (χ4n) is 6.49. The molecule has 1 atom stereocenters. The van der Waals surface area contributed by atoms with Crippen LogP contribution in [0.2, 0.25) is 0 Å². The Balaban J connectivity index is 1.35. The van der Waals surface area contributed by atoms with Crippen molar-refractivity contribution in [3.8, 4) is 11.4 Å². The van der Waals surface area contributed by atoms with Crippen molar-refractivity contribution in [1.29, 1.82) is 0 Å². The number of para-hydroxylation sites is 3. The van der Waals surface area contributed by atoms with E-state index in [9.17, 15) is 0 Å². The van der Waals surface area contributed by atoms with Crippen LogP contribution in [0.4, 0.5) is 0 Å². The lowest BCUT2D eigenvalue weighted by atomic mass is 9.83. The Labute approximate surface area is 227 Å². The van der Waals surface area contributed by atoms with Crippen LogP contribution in [0, 0.1) is 5.92 Å². The first-order chi connectivity index (χ1) is 19.3. The third kappa shape index (κ3) is 3.33. The molecule has 0 spiro atoms. The van der Waals surface area contributed by atoms with Gasteiger partial charge in [0.2, 0.25) is 0 Å². The Hall–Kier alpha value is -4.89. The number of rotatable bonds is 3. The normalized spacial score (nSPS) is 15.1. The minimum Gasteiger partial charge on any atom is -0.313 e. The Morgan fingerprint density at radius 1 is 0.641 bits per heavy atom. The number of pyridine rings is 1. The van der Waals surface area contributed by atoms with Crippen molar-refractivity contribution in [2.75, 3.05) is 0 Å². The van der Waals surface area contributed by atoms with Gasteiger partial charge >= 0.3 is 0 Å². The molecule has 7 aromatic rings. The maximum Gasteiger partial charge on any atom is 0.0963 e. The summed E-state index contributed by atoms with van der Waals surface area (Å²) in [5.74, 6) is 0.386. The quantitative estimate of drug-likeness (QED) is 0.237. The van der Waals surface area contributed by atoms with Gasteiger partial charge in [-0.05, 0) is 84.1 Å². The number of nitrogens with zero attached hydrogens (tertiary/aromatic N) is 3. The monoisotopic (exact) mass is 501 g/mol. The Morgan fingerprint density at radius 3 is 2.10 bits per heavy atom. The maximum absolute atomic E-state index is 4.83. The zero-order valence-corrected chi connectivity index (χ0v) is 21.8. The van der Waals surface area contributed by atoms with E-state index in [2.05, 4.69) is 131 Å². The fourth-order valence-corrected chi connectivity index (χ4v) is 6.49. The second-order valence-corrected chi connectivity index (χ2v) is 10.5. The maximum atomic E-state index is 4.83. The van der Waals surface area contributed by atoms with Gasteiger partial charge in [0.25, 0.3) is 0 Å². The lowest BCUT2D eigenvalue weighted by Crippen LogP contribution is -2.12. The van der Waals surface area contributed by atoms with Crippen LogP contribution in [0.1, 0.15) is 23.7 Å². The molecule has 3 aromatic heterocycles. The number of allylic oxidation sites excluding steroid dienone is 1. The molecule has 0 saturated heterocycles. The molecule has 3 nitrogen and oxygen atoms in total. The highest BCUT2D eigenvalue weighted by Crippen LogP contribution is 2.42. The predicted molar refractivity (Wildman–Crippen MR) is 163 cm³/mol. The van der Waals surface area contributed by atoms with Gasteiger partial charge in [0.1, 0.15) is 0 Å². The molecule has 0 aliphatic heterocycles. The van der Waals surface area contributed by atoms with Crippen molar-refractivity contribution in [1.82, 2.24) is 14.1 Å². The van der Waals surface area contributed by atoms with E-state index in [4.69, 9.17) is 4.98 Å². The first-order valence-electron chi connectivity index (χ1n) is 13.6. The van der Waals surface area contributed by atoms with Crippen molar-refractivity contribution >= 4 is 44.5 Å². The average Bonchev–Trinajstić information content (AvgIpc) is 3.49. The third-order valence-electron chi connectivity index (χ3n) is 8.23. The van der Waals surface area contributed by atoms with E-state index < -0.39 is 0 Å². The van der Waals surface area contributed by atoms with Crippen molar-refractivity contribution in [2.24, 2.45) is 5.92 Å². The molecule has 8 rings (SSSR count). The highest BCUT2D eigenvalue weighted by atomic mass is 15.0. The molecule has 0 fully saturated rings. The van der Waals surface area contributed by atoms with Crippen LogP contribution in [-0.4, -0.2) is 14.1 Å². The van der Waals surface area contributed by atoms with Crippen LogP contribution < -0.4 is 0 Å². The smallest absolute Gasteiger partial charge is 0.0963 e. The predicted octanol–water partition coefficient (Wildman–Crippen LogP) is 8.86. The van der Waals surface area contributed by atoms with Gasteiger partial charge in [-0.2, -0.15) is 0 Å². The summed E-state index contributed by atoms with van der Waals surface area (Å²) >= 11 is 0. The standard InChI is InChI=1S/C36H27N3/c1-24-21-35-30(28-15-8-9-16-32(28)39(35)27-13-6-3-7-14-27)23-29(24)25-18-19-33-31(22-25)36-34(17-10-20-37-36)38(33)26-11-4-2-5-12-26/h2-20,22-24H,21H2,1H3. The minimum absolute atomic E-state index is 0.386. The summed E-state index contributed by atoms with van der Waals surface area (Å²) in [4.78, 5) is 4.83. The van der Waals surface area contributed by atoms with Crippen molar-refractivity contribution in [3.05, 3.63) is 138 Å². The summed E-state index contributed by atoms with van der Waals surface area (Å²) in [5, 5.41) is 2.50. The van der Waals surface area contributed by atoms with E-state index in [0.29, 0.717) is 5.92 Å². The highest BCUT2D eigenvalue weighted by Gasteiger charge is 2.26. The Bertz CT molecular complexity index is 2040. The SMILES string of the molecule is CC1Cc2c(c3ccccc3n2-c2ccccc2)C=C1c1ccc2c(c1)c1ncccc1n2-c1ccccc1. The first-order valence-corrected chi connectivity index (χ1v) is 13.6. The summed E-state index contributed by atoms with van der Waals surface area (Å²) in [6.07, 6.45) is 5.33. The lowest BCUT2D eigenvalue weighted by Gasteiger charge is -2.24. The van der Waals surface area contributed by atoms with E-state index in [0.717, 1.165) is 23.1 Å². The van der Waals surface area contributed by atoms with Gasteiger partial charge in [0.15, 0.2) is 0 Å². The third-order valence-corrected chi connectivity index (χ3v) is 8.23. The van der Waals surface area contributed by atoms with Crippen LogP contribution in [0.5, 0.6) is 0 Å². The molecule has 4 aromatic carbocycles. The number of aromatic nitrogens is 3. The summed E-state index contributed by atoms with van der Waals surface area (Å²) in [6.45, 7) is 2.36. The van der Waals surface area contributed by atoms with Crippen molar-refractivity contribution in [3.63, 3.8) is 0 Å². The van der Waals surface area contributed by atoms with E-state index in [1.807, 2.05) is 12.3 Å². The van der Waals surface area contributed by atoms with Gasteiger partial charge in [-0.15, -0.1) is 0 Å². The lowest BCUT2D eigenvalue weighted by molar-refractivity contribution is 0.708. The molecular formula is C36H27N3. The first kappa shape index (κ1) is 22.1. The number of fused-ring (bicyclic) bond motifs is 6. The molecule has 0 bridgehead atoms. The number of hydrogen-bond donors (Lipinski definition) is 0. The van der Waals surface area contributed by atoms with E-state index in [-0.39, 0.29) is 0 Å². The molecule has 0 radical (unpaired) electrons. The summed E-state index contributed by atoms with van der Waals surface area (Å²) < 4.78 is 4.78. The van der Waals surface area contributed by atoms with E-state index in [1.165, 1.54) is 49.9 Å². The summed E-state index contributed by atoms with van der Waals surface area (Å²) in [5.41, 5.74) is 12.4. The zero-order chi connectivity index (χ0) is 25.9. The van der Waals surface area contributed by atoms with Crippen LogP contribution in [0.3, 0.4) is 0 Å². The number of benzene rings is 4. The Kier molecular flexibility index (Phi) is 4.86. The molecule has 1 unspecified atom stereocenters. The molecule has 0 amide bonds. The van der Waals surface area contributed by atoms with Crippen molar-refractivity contribution in [2.45, 2.75) is 13.3 Å². The Morgan fingerprint density at radius 2 is 1.31 bits per heavy atom. The van der Waals surface area contributed by atoms with Gasteiger partial charge < -0.3 is 9.13 Å². The molecule has 39 heavy (non-hydrogen) atoms. The summed E-state index contributed by atoms with van der Waals surface area (Å²) in [7, 11) is 0. The van der Waals surface area contributed by atoms with Crippen LogP contribution >= 0.6 is 0 Å². The van der Waals surface area contributed by atoms with Gasteiger partial charge in [-0.25, -0.2) is 0 Å². The topological polar surface area (TPSA) is 22.8 Å². The average molecular weight is 502 g/mol. The largest absolute Gasteiger partial charge is 0.313 e. The second kappa shape index (κ2) is 8.57. The zero-order valence-electron chi connectivity index (χ0n) is 21.8. The highest BCUT2D eigenvalue weighted by molar-refractivity contribution is 6.09. The van der Waals surface area contributed by atoms with Gasteiger partial charge in [-0.1, -0.05) is 67.6 Å². The van der Waals surface area contributed by atoms with Gasteiger partial charge in [0.05, 0.1) is 22.1 Å². The van der Waals surface area contributed by atoms with Crippen molar-refractivity contribution < 1.29 is 0 Å². The number of hydrogen-bond acceptors (Lipinski definition) is 1. The van der Waals surface area contributed by atoms with Gasteiger partial charge in [0, 0.05) is 39.6 Å². The fraction of sp³-hybridized carbons (Fsp3) is 0.0833. The second-order valence-electron chi connectivity index (χ2n) is 10.5. The summed E-state index contributed by atoms with van der Waals surface area (Å²) in [6, 6.07) is 41.2. The molecule has 0 N–H and O–H groups in total. The van der Waals surface area contributed by atoms with Crippen LogP contribution in [-0.2, 0) is 6.42 Å². The molecule has 186 valence electrons. The molecule has 0 saturated carbocycles. The molecule has 1 aliphatic carbocycles. The van der Waals surface area contributed by atoms with Crippen LogP contribution in [0.15, 0.2) is 121 Å². The molecular weight excluding hydrogens is 474 g/mol. The molecule has 3 heterocycles.